The fourth-order valence-electron chi connectivity index (χ4n) is 5.47. The summed E-state index contributed by atoms with van der Waals surface area (Å²) in [6, 6.07) is 9.14. The number of fused-ring (bicyclic) bond motifs is 7. The number of benzene rings is 2. The molecule has 0 saturated carbocycles. The zero-order valence-corrected chi connectivity index (χ0v) is 21.8. The Morgan fingerprint density at radius 2 is 1.76 bits per heavy atom. The quantitative estimate of drug-likeness (QED) is 0.216. The SMILES string of the molecule is Cc1c2c(c(CC(C)(C)C)c3ccsc13)Sc1cc3c4ccsc4oc3c3cc[n+](C)c-2c13. The van der Waals surface area contributed by atoms with E-state index in [1.807, 2.05) is 23.1 Å². The summed E-state index contributed by atoms with van der Waals surface area (Å²) in [6.45, 7) is 9.36. The van der Waals surface area contributed by atoms with Crippen molar-refractivity contribution < 1.29 is 8.98 Å². The molecule has 5 heterocycles. The predicted molar refractivity (Wildman–Crippen MR) is 143 cm³/mol. The summed E-state index contributed by atoms with van der Waals surface area (Å²) in [4.78, 5) is 3.80. The monoisotopic (exact) mass is 486 g/mol. The normalized spacial score (nSPS) is 13.6. The van der Waals surface area contributed by atoms with Crippen LogP contribution in [0.1, 0.15) is 31.9 Å². The minimum Gasteiger partial charge on any atom is -0.445 e. The van der Waals surface area contributed by atoms with Gasteiger partial charge >= 0.3 is 0 Å². The lowest BCUT2D eigenvalue weighted by Crippen LogP contribution is -2.32. The van der Waals surface area contributed by atoms with E-state index in [1.165, 1.54) is 63.8 Å². The van der Waals surface area contributed by atoms with Crippen LogP contribution in [-0.4, -0.2) is 0 Å². The number of hydrogen-bond donors (Lipinski definition) is 0. The van der Waals surface area contributed by atoms with Gasteiger partial charge in [-0.3, -0.25) is 0 Å². The van der Waals surface area contributed by atoms with Gasteiger partial charge in [0.2, 0.25) is 5.69 Å². The number of aryl methyl sites for hydroxylation is 2. The highest BCUT2D eigenvalue weighted by Gasteiger charge is 2.34. The summed E-state index contributed by atoms with van der Waals surface area (Å²) in [6.07, 6.45) is 3.27. The first-order chi connectivity index (χ1) is 15.8. The highest BCUT2D eigenvalue weighted by Crippen LogP contribution is 2.54. The lowest BCUT2D eigenvalue weighted by atomic mass is 9.84. The van der Waals surface area contributed by atoms with Crippen molar-refractivity contribution in [1.82, 2.24) is 0 Å². The third-order valence-electron chi connectivity index (χ3n) is 6.81. The van der Waals surface area contributed by atoms with E-state index in [4.69, 9.17) is 4.42 Å². The summed E-state index contributed by atoms with van der Waals surface area (Å²) < 4.78 is 10.1. The van der Waals surface area contributed by atoms with Crippen molar-refractivity contribution in [2.75, 3.05) is 0 Å². The minimum atomic E-state index is 0.213. The van der Waals surface area contributed by atoms with Crippen LogP contribution >= 0.6 is 34.4 Å². The van der Waals surface area contributed by atoms with Crippen molar-refractivity contribution in [2.45, 2.75) is 43.9 Å². The number of aromatic nitrogens is 1. The zero-order chi connectivity index (χ0) is 22.6. The molecule has 1 aliphatic rings. The number of hydrogen-bond acceptors (Lipinski definition) is 4. The van der Waals surface area contributed by atoms with E-state index in [-0.39, 0.29) is 5.41 Å². The van der Waals surface area contributed by atoms with Gasteiger partial charge in [-0.15, -0.1) is 22.7 Å². The van der Waals surface area contributed by atoms with E-state index < -0.39 is 0 Å². The van der Waals surface area contributed by atoms with E-state index in [0.717, 1.165) is 16.9 Å². The van der Waals surface area contributed by atoms with Crippen LogP contribution in [0.4, 0.5) is 0 Å². The number of pyridine rings is 1. The number of thiophene rings is 2. The molecule has 33 heavy (non-hydrogen) atoms. The van der Waals surface area contributed by atoms with Crippen molar-refractivity contribution in [3.05, 3.63) is 52.3 Å². The van der Waals surface area contributed by atoms with Gasteiger partial charge in [0.1, 0.15) is 12.6 Å². The van der Waals surface area contributed by atoms with Gasteiger partial charge in [-0.1, -0.05) is 32.5 Å². The Morgan fingerprint density at radius 1 is 0.970 bits per heavy atom. The Kier molecular flexibility index (Phi) is 4.03. The van der Waals surface area contributed by atoms with E-state index in [9.17, 15) is 0 Å². The molecular formula is C28H24NOS3+. The molecule has 7 rings (SSSR count). The van der Waals surface area contributed by atoms with Gasteiger partial charge < -0.3 is 4.42 Å². The topological polar surface area (TPSA) is 17.0 Å². The Morgan fingerprint density at radius 3 is 2.58 bits per heavy atom. The molecule has 0 atom stereocenters. The third kappa shape index (κ3) is 2.70. The molecule has 0 fully saturated rings. The van der Waals surface area contributed by atoms with Crippen LogP contribution in [0.5, 0.6) is 0 Å². The summed E-state index contributed by atoms with van der Waals surface area (Å²) in [7, 11) is 2.19. The lowest BCUT2D eigenvalue weighted by Gasteiger charge is -2.26. The highest BCUT2D eigenvalue weighted by molar-refractivity contribution is 8.00. The van der Waals surface area contributed by atoms with Crippen LogP contribution in [0.2, 0.25) is 0 Å². The second kappa shape index (κ2) is 6.62. The summed E-state index contributed by atoms with van der Waals surface area (Å²) in [5.41, 5.74) is 6.86. The first-order valence-corrected chi connectivity index (χ1v) is 13.9. The summed E-state index contributed by atoms with van der Waals surface area (Å²) in [5.74, 6) is 0. The molecule has 0 amide bonds. The molecule has 0 radical (unpaired) electrons. The fourth-order valence-corrected chi connectivity index (χ4v) is 8.53. The summed E-state index contributed by atoms with van der Waals surface area (Å²) >= 11 is 5.52. The van der Waals surface area contributed by atoms with Crippen LogP contribution in [0.15, 0.2) is 55.4 Å². The van der Waals surface area contributed by atoms with Crippen molar-refractivity contribution in [3.63, 3.8) is 0 Å². The largest absolute Gasteiger partial charge is 0.445 e. The molecule has 0 spiro atoms. The average molecular weight is 487 g/mol. The van der Waals surface area contributed by atoms with Gasteiger partial charge in [0.15, 0.2) is 11.1 Å². The first kappa shape index (κ1) is 20.1. The molecule has 0 unspecified atom stereocenters. The zero-order valence-electron chi connectivity index (χ0n) is 19.3. The minimum absolute atomic E-state index is 0.213. The van der Waals surface area contributed by atoms with Crippen LogP contribution in [0.3, 0.4) is 0 Å². The molecule has 0 aliphatic carbocycles. The second-order valence-electron chi connectivity index (χ2n) is 10.3. The molecule has 2 nitrogen and oxygen atoms in total. The molecule has 0 N–H and O–H groups in total. The fraction of sp³-hybridized carbons (Fsp3) is 0.250. The smallest absolute Gasteiger partial charge is 0.222 e. The van der Waals surface area contributed by atoms with Gasteiger partial charge in [-0.05, 0) is 64.2 Å². The van der Waals surface area contributed by atoms with Crippen molar-refractivity contribution >= 4 is 76.5 Å². The Labute approximate surface area is 204 Å². The Hall–Kier alpha value is -2.34. The van der Waals surface area contributed by atoms with E-state index in [0.29, 0.717) is 0 Å². The first-order valence-electron chi connectivity index (χ1n) is 11.3. The molecule has 164 valence electrons. The molecule has 6 aromatic rings. The molecule has 0 saturated heterocycles. The van der Waals surface area contributed by atoms with Gasteiger partial charge in [0, 0.05) is 36.7 Å². The average Bonchev–Trinajstić information content (AvgIpc) is 3.48. The van der Waals surface area contributed by atoms with Gasteiger partial charge in [0.25, 0.3) is 0 Å². The molecule has 5 heteroatoms. The van der Waals surface area contributed by atoms with Gasteiger partial charge in [0.05, 0.1) is 10.9 Å². The van der Waals surface area contributed by atoms with Gasteiger partial charge in [-0.2, -0.15) is 0 Å². The lowest BCUT2D eigenvalue weighted by molar-refractivity contribution is -0.659. The molecule has 2 aromatic carbocycles. The highest BCUT2D eigenvalue weighted by atomic mass is 32.2. The molecule has 4 aromatic heterocycles. The van der Waals surface area contributed by atoms with E-state index in [1.54, 1.807) is 11.3 Å². The molecule has 0 bridgehead atoms. The Bertz CT molecular complexity index is 1770. The predicted octanol–water partition coefficient (Wildman–Crippen LogP) is 8.87. The van der Waals surface area contributed by atoms with Crippen molar-refractivity contribution in [2.24, 2.45) is 12.5 Å². The second-order valence-corrected chi connectivity index (χ2v) is 13.2. The van der Waals surface area contributed by atoms with Crippen molar-refractivity contribution in [1.29, 1.82) is 0 Å². The van der Waals surface area contributed by atoms with Crippen LogP contribution in [-0.2, 0) is 13.5 Å². The maximum atomic E-state index is 6.39. The summed E-state index contributed by atoms with van der Waals surface area (Å²) in [5, 5.41) is 10.8. The maximum Gasteiger partial charge on any atom is 0.222 e. The molecule has 1 aliphatic heterocycles. The number of nitrogens with zero attached hydrogens (tertiary/aromatic N) is 1. The van der Waals surface area contributed by atoms with Crippen LogP contribution < -0.4 is 4.57 Å². The van der Waals surface area contributed by atoms with E-state index in [2.05, 4.69) is 80.5 Å². The van der Waals surface area contributed by atoms with Crippen LogP contribution in [0, 0.1) is 12.3 Å². The number of furan rings is 1. The van der Waals surface area contributed by atoms with Crippen molar-refractivity contribution in [3.8, 4) is 11.3 Å². The number of rotatable bonds is 1. The molecular weight excluding hydrogens is 463 g/mol. The van der Waals surface area contributed by atoms with Gasteiger partial charge in [-0.25, -0.2) is 4.57 Å². The maximum absolute atomic E-state index is 6.39. The van der Waals surface area contributed by atoms with E-state index >= 15 is 0 Å². The standard InChI is InChI=1S/C28H24NOS3/c1-14-21-23-22-17(6-9-29(23)5)24-18(16-8-11-32-27(16)30-24)12-20(22)33-26(21)19(13-28(2,3)4)15-7-10-31-25(14)15/h6-12H,13H2,1-5H3/q+1. The third-order valence-corrected chi connectivity index (χ3v) is 9.83. The Balaban J connectivity index is 1.67. The van der Waals surface area contributed by atoms with Crippen LogP contribution in [0.25, 0.3) is 53.4 Å².